The molecule has 0 amide bonds. The second-order valence-corrected chi connectivity index (χ2v) is 7.64. The van der Waals surface area contributed by atoms with E-state index in [0.29, 0.717) is 24.8 Å². The van der Waals surface area contributed by atoms with Crippen molar-refractivity contribution < 1.29 is 8.42 Å². The third kappa shape index (κ3) is 10.8. The van der Waals surface area contributed by atoms with Crippen molar-refractivity contribution in [3.63, 3.8) is 0 Å². The maximum Gasteiger partial charge on any atom is 0.151 e. The molecular weight excluding hydrogens is 234 g/mol. The lowest BCUT2D eigenvalue weighted by Gasteiger charge is -2.14. The van der Waals surface area contributed by atoms with Crippen LogP contribution in [0.5, 0.6) is 0 Å². The minimum atomic E-state index is -2.82. The van der Waals surface area contributed by atoms with Crippen LogP contribution in [-0.4, -0.2) is 32.5 Å². The van der Waals surface area contributed by atoms with Gasteiger partial charge in [-0.05, 0) is 25.7 Å². The van der Waals surface area contributed by atoms with Crippen molar-refractivity contribution in [3.05, 3.63) is 0 Å². The Bertz CT molecular complexity index is 273. The van der Waals surface area contributed by atoms with Gasteiger partial charge in [0.2, 0.25) is 0 Å². The van der Waals surface area contributed by atoms with Crippen molar-refractivity contribution in [2.75, 3.05) is 18.1 Å². The van der Waals surface area contributed by atoms with Crippen molar-refractivity contribution in [2.45, 2.75) is 59.4 Å². The van der Waals surface area contributed by atoms with Crippen LogP contribution in [0.15, 0.2) is 0 Å². The summed E-state index contributed by atoms with van der Waals surface area (Å²) in [5.41, 5.74) is 0. The Morgan fingerprint density at radius 3 is 2.24 bits per heavy atom. The SMILES string of the molecule is CCCS(=O)(=O)CCNC(C)CCCC(C)C. The van der Waals surface area contributed by atoms with Gasteiger partial charge >= 0.3 is 0 Å². The molecule has 0 rings (SSSR count). The zero-order chi connectivity index (χ0) is 13.3. The van der Waals surface area contributed by atoms with Crippen molar-refractivity contribution in [1.29, 1.82) is 0 Å². The number of rotatable bonds is 10. The molecule has 3 nitrogen and oxygen atoms in total. The number of hydrogen-bond donors (Lipinski definition) is 1. The summed E-state index contributed by atoms with van der Waals surface area (Å²) < 4.78 is 23.0. The fraction of sp³-hybridized carbons (Fsp3) is 1.00. The van der Waals surface area contributed by atoms with E-state index in [1.54, 1.807) is 0 Å². The first kappa shape index (κ1) is 16.9. The molecular formula is C13H29NO2S. The second kappa shape index (κ2) is 8.92. The van der Waals surface area contributed by atoms with Crippen molar-refractivity contribution in [1.82, 2.24) is 5.32 Å². The average molecular weight is 263 g/mol. The second-order valence-electron chi connectivity index (χ2n) is 5.33. The molecule has 0 aromatic rings. The molecule has 0 fully saturated rings. The Hall–Kier alpha value is -0.0900. The molecule has 0 saturated heterocycles. The van der Waals surface area contributed by atoms with Gasteiger partial charge in [0, 0.05) is 18.3 Å². The zero-order valence-electron chi connectivity index (χ0n) is 11.8. The minimum Gasteiger partial charge on any atom is -0.313 e. The number of nitrogens with one attached hydrogen (secondary N) is 1. The van der Waals surface area contributed by atoms with Crippen LogP contribution in [0.25, 0.3) is 0 Å². The zero-order valence-corrected chi connectivity index (χ0v) is 12.6. The lowest BCUT2D eigenvalue weighted by molar-refractivity contribution is 0.465. The predicted octanol–water partition coefficient (Wildman–Crippen LogP) is 2.62. The first-order valence-corrected chi connectivity index (χ1v) is 8.63. The van der Waals surface area contributed by atoms with E-state index in [9.17, 15) is 8.42 Å². The third-order valence-corrected chi connectivity index (χ3v) is 4.70. The lowest BCUT2D eigenvalue weighted by Crippen LogP contribution is -2.31. The summed E-state index contributed by atoms with van der Waals surface area (Å²) >= 11 is 0. The average Bonchev–Trinajstić information content (AvgIpc) is 2.16. The van der Waals surface area contributed by atoms with Gasteiger partial charge in [-0.2, -0.15) is 0 Å². The van der Waals surface area contributed by atoms with Gasteiger partial charge in [-0.15, -0.1) is 0 Å². The van der Waals surface area contributed by atoms with E-state index in [-0.39, 0.29) is 5.75 Å². The molecule has 104 valence electrons. The van der Waals surface area contributed by atoms with Crippen LogP contribution in [-0.2, 0) is 9.84 Å². The highest BCUT2D eigenvalue weighted by molar-refractivity contribution is 7.91. The molecule has 0 aromatic carbocycles. The van der Waals surface area contributed by atoms with Crippen molar-refractivity contribution in [3.8, 4) is 0 Å². The number of hydrogen-bond acceptors (Lipinski definition) is 3. The normalized spacial score (nSPS) is 14.2. The fourth-order valence-electron chi connectivity index (χ4n) is 1.81. The van der Waals surface area contributed by atoms with Gasteiger partial charge in [-0.3, -0.25) is 0 Å². The molecule has 0 aromatic heterocycles. The van der Waals surface area contributed by atoms with Gasteiger partial charge in [-0.1, -0.05) is 33.6 Å². The Balaban J connectivity index is 3.60. The highest BCUT2D eigenvalue weighted by atomic mass is 32.2. The van der Waals surface area contributed by atoms with E-state index in [4.69, 9.17) is 0 Å². The van der Waals surface area contributed by atoms with Gasteiger partial charge in [0.15, 0.2) is 9.84 Å². The molecule has 0 aliphatic heterocycles. The van der Waals surface area contributed by atoms with Crippen LogP contribution in [0.3, 0.4) is 0 Å². The van der Waals surface area contributed by atoms with Crippen molar-refractivity contribution in [2.24, 2.45) is 5.92 Å². The molecule has 17 heavy (non-hydrogen) atoms. The molecule has 0 heterocycles. The molecule has 1 atom stereocenters. The molecule has 1 unspecified atom stereocenters. The maximum absolute atomic E-state index is 11.5. The Kier molecular flexibility index (Phi) is 8.88. The molecule has 4 heteroatoms. The van der Waals surface area contributed by atoms with Gasteiger partial charge in [0.25, 0.3) is 0 Å². The summed E-state index contributed by atoms with van der Waals surface area (Å²) in [5, 5.41) is 3.29. The Morgan fingerprint density at radius 1 is 1.06 bits per heavy atom. The Labute approximate surface area is 107 Å². The van der Waals surface area contributed by atoms with Crippen LogP contribution in [0.2, 0.25) is 0 Å². The summed E-state index contributed by atoms with van der Waals surface area (Å²) in [7, 11) is -2.82. The van der Waals surface area contributed by atoms with Gasteiger partial charge in [-0.25, -0.2) is 8.42 Å². The molecule has 0 aliphatic rings. The monoisotopic (exact) mass is 263 g/mol. The van der Waals surface area contributed by atoms with Crippen molar-refractivity contribution >= 4 is 9.84 Å². The molecule has 0 bridgehead atoms. The van der Waals surface area contributed by atoms with Crippen LogP contribution in [0, 0.1) is 5.92 Å². The van der Waals surface area contributed by atoms with Gasteiger partial charge < -0.3 is 5.32 Å². The summed E-state index contributed by atoms with van der Waals surface area (Å²) in [6.07, 6.45) is 4.31. The van der Waals surface area contributed by atoms with Crippen LogP contribution >= 0.6 is 0 Å². The first-order valence-electron chi connectivity index (χ1n) is 6.81. The van der Waals surface area contributed by atoms with Crippen LogP contribution in [0.1, 0.15) is 53.4 Å². The number of sulfone groups is 1. The van der Waals surface area contributed by atoms with Crippen LogP contribution < -0.4 is 5.32 Å². The van der Waals surface area contributed by atoms with E-state index < -0.39 is 9.84 Å². The Morgan fingerprint density at radius 2 is 1.71 bits per heavy atom. The van der Waals surface area contributed by atoms with E-state index in [0.717, 1.165) is 12.3 Å². The van der Waals surface area contributed by atoms with E-state index >= 15 is 0 Å². The highest BCUT2D eigenvalue weighted by Gasteiger charge is 2.09. The molecule has 0 spiro atoms. The summed E-state index contributed by atoms with van der Waals surface area (Å²) in [6.45, 7) is 9.09. The molecule has 0 aliphatic carbocycles. The summed E-state index contributed by atoms with van der Waals surface area (Å²) in [4.78, 5) is 0. The third-order valence-electron chi connectivity index (χ3n) is 2.84. The van der Waals surface area contributed by atoms with Gasteiger partial charge in [0.05, 0.1) is 5.75 Å². The highest BCUT2D eigenvalue weighted by Crippen LogP contribution is 2.08. The molecule has 0 saturated carbocycles. The fourth-order valence-corrected chi connectivity index (χ4v) is 3.06. The topological polar surface area (TPSA) is 46.2 Å². The molecule has 0 radical (unpaired) electrons. The smallest absolute Gasteiger partial charge is 0.151 e. The van der Waals surface area contributed by atoms with E-state index in [2.05, 4.69) is 26.1 Å². The standard InChI is InChI=1S/C13H29NO2S/c1-5-10-17(15,16)11-9-14-13(4)8-6-7-12(2)3/h12-14H,5-11H2,1-4H3. The quantitative estimate of drug-likeness (QED) is 0.659. The van der Waals surface area contributed by atoms with Gasteiger partial charge in [0.1, 0.15) is 0 Å². The summed E-state index contributed by atoms with van der Waals surface area (Å²) in [6, 6.07) is 0.422. The van der Waals surface area contributed by atoms with Crippen LogP contribution in [0.4, 0.5) is 0 Å². The molecule has 1 N–H and O–H groups in total. The van der Waals surface area contributed by atoms with E-state index in [1.165, 1.54) is 12.8 Å². The predicted molar refractivity (Wildman–Crippen MR) is 75.1 cm³/mol. The largest absolute Gasteiger partial charge is 0.313 e. The summed E-state index contributed by atoms with van der Waals surface area (Å²) in [5.74, 6) is 1.35. The first-order chi connectivity index (χ1) is 7.87. The van der Waals surface area contributed by atoms with E-state index in [1.807, 2.05) is 6.92 Å². The lowest BCUT2D eigenvalue weighted by atomic mass is 10.0. The minimum absolute atomic E-state index is 0.273. The maximum atomic E-state index is 11.5.